The Balaban J connectivity index is 2.48. The molecule has 1 heterocycles. The van der Waals surface area contributed by atoms with Crippen molar-refractivity contribution in [2.45, 2.75) is 0 Å². The first-order valence-electron chi connectivity index (χ1n) is 4.90. The van der Waals surface area contributed by atoms with Gasteiger partial charge in [-0.25, -0.2) is 15.0 Å². The molecule has 2 aromatic rings. The minimum atomic E-state index is -0.154. The molecule has 0 fully saturated rings. The summed E-state index contributed by atoms with van der Waals surface area (Å²) in [5, 5.41) is 1.02. The molecule has 6 N–H and O–H groups in total. The average molecular weight is 264 g/mol. The number of aromatic nitrogens is 2. The van der Waals surface area contributed by atoms with Crippen molar-refractivity contribution >= 4 is 40.1 Å². The molecule has 0 saturated heterocycles. The molecule has 7 nitrogen and oxygen atoms in total. The van der Waals surface area contributed by atoms with E-state index in [4.69, 9.17) is 28.8 Å². The smallest absolute Gasteiger partial charge is 0.223 e. The minimum Gasteiger partial charge on any atom is -0.370 e. The summed E-state index contributed by atoms with van der Waals surface area (Å²) >= 11 is 5.95. The van der Waals surface area contributed by atoms with Gasteiger partial charge in [0.15, 0.2) is 5.96 Å². The van der Waals surface area contributed by atoms with Crippen LogP contribution in [0.1, 0.15) is 0 Å². The topological polar surface area (TPSA) is 129 Å². The Hall–Kier alpha value is -2.41. The second kappa shape index (κ2) is 4.84. The Bertz CT molecular complexity index is 646. The van der Waals surface area contributed by atoms with Gasteiger partial charge in [0.25, 0.3) is 0 Å². The molecule has 0 atom stereocenters. The largest absolute Gasteiger partial charge is 0.370 e. The molecule has 0 aliphatic heterocycles. The standard InChI is InChI=1S/C10H10ClN7/c11-8-6-3-5(17-10(14)18-9(12)13)1-2-7(6)15-4-16-8/h1-4H,(H6,12,13,14,17,18). The van der Waals surface area contributed by atoms with E-state index in [-0.39, 0.29) is 11.9 Å². The fourth-order valence-corrected chi connectivity index (χ4v) is 1.57. The van der Waals surface area contributed by atoms with Crippen LogP contribution in [0.3, 0.4) is 0 Å². The highest BCUT2D eigenvalue weighted by atomic mass is 35.5. The zero-order valence-corrected chi connectivity index (χ0v) is 9.96. The lowest BCUT2D eigenvalue weighted by atomic mass is 10.2. The number of guanidine groups is 2. The zero-order valence-electron chi connectivity index (χ0n) is 9.21. The third-order valence-corrected chi connectivity index (χ3v) is 2.36. The van der Waals surface area contributed by atoms with Crippen molar-refractivity contribution < 1.29 is 0 Å². The third-order valence-electron chi connectivity index (χ3n) is 2.06. The van der Waals surface area contributed by atoms with E-state index in [0.717, 1.165) is 5.52 Å². The Kier molecular flexibility index (Phi) is 3.24. The summed E-state index contributed by atoms with van der Waals surface area (Å²) in [6.45, 7) is 0. The van der Waals surface area contributed by atoms with Crippen LogP contribution in [0.5, 0.6) is 0 Å². The van der Waals surface area contributed by atoms with E-state index in [1.165, 1.54) is 6.33 Å². The number of fused-ring (bicyclic) bond motifs is 1. The number of aliphatic imine (C=N–C) groups is 2. The molecule has 2 rings (SSSR count). The fraction of sp³-hybridized carbons (Fsp3) is 0. The van der Waals surface area contributed by atoms with Gasteiger partial charge < -0.3 is 17.2 Å². The van der Waals surface area contributed by atoms with Crippen LogP contribution in [0.4, 0.5) is 5.69 Å². The molecule has 0 aliphatic rings. The summed E-state index contributed by atoms with van der Waals surface area (Å²) in [4.78, 5) is 15.6. The Morgan fingerprint density at radius 2 is 1.94 bits per heavy atom. The summed E-state index contributed by atoms with van der Waals surface area (Å²) < 4.78 is 0. The summed E-state index contributed by atoms with van der Waals surface area (Å²) in [6.07, 6.45) is 1.39. The summed E-state index contributed by atoms with van der Waals surface area (Å²) in [5.41, 5.74) is 17.2. The minimum absolute atomic E-state index is 0.0395. The maximum absolute atomic E-state index is 5.95. The number of hydrogen-bond acceptors (Lipinski definition) is 3. The SMILES string of the molecule is NC(N)=NC(N)=Nc1ccc2ncnc(Cl)c2c1. The van der Waals surface area contributed by atoms with Crippen LogP contribution in [0.25, 0.3) is 10.9 Å². The van der Waals surface area contributed by atoms with Gasteiger partial charge in [0, 0.05) is 5.39 Å². The molecule has 92 valence electrons. The lowest BCUT2D eigenvalue weighted by molar-refractivity contribution is 1.22. The zero-order chi connectivity index (χ0) is 13.1. The first kappa shape index (κ1) is 12.1. The highest BCUT2D eigenvalue weighted by molar-refractivity contribution is 6.34. The number of halogens is 1. The maximum atomic E-state index is 5.95. The van der Waals surface area contributed by atoms with Crippen molar-refractivity contribution in [2.24, 2.45) is 27.2 Å². The summed E-state index contributed by atoms with van der Waals surface area (Å²) in [7, 11) is 0. The Morgan fingerprint density at radius 1 is 1.17 bits per heavy atom. The van der Waals surface area contributed by atoms with Gasteiger partial charge in [0.05, 0.1) is 11.2 Å². The number of hydrogen-bond donors (Lipinski definition) is 3. The Labute approximate surface area is 107 Å². The molecule has 8 heteroatoms. The molecule has 0 amide bonds. The van der Waals surface area contributed by atoms with Crippen molar-refractivity contribution in [1.82, 2.24) is 9.97 Å². The molecule has 1 aromatic heterocycles. The van der Waals surface area contributed by atoms with E-state index in [1.54, 1.807) is 18.2 Å². The van der Waals surface area contributed by atoms with E-state index in [2.05, 4.69) is 20.0 Å². The second-order valence-electron chi connectivity index (χ2n) is 3.37. The lowest BCUT2D eigenvalue weighted by Gasteiger charge is -2.00. The lowest BCUT2D eigenvalue weighted by Crippen LogP contribution is -2.26. The molecule has 0 saturated carbocycles. The van der Waals surface area contributed by atoms with E-state index in [1.807, 2.05) is 0 Å². The molecular weight excluding hydrogens is 254 g/mol. The molecule has 0 bridgehead atoms. The highest BCUT2D eigenvalue weighted by Gasteiger charge is 2.02. The van der Waals surface area contributed by atoms with Crippen molar-refractivity contribution in [3.63, 3.8) is 0 Å². The molecule has 0 spiro atoms. The number of nitrogens with two attached hydrogens (primary N) is 3. The molecule has 1 aromatic carbocycles. The molecule has 18 heavy (non-hydrogen) atoms. The van der Waals surface area contributed by atoms with Gasteiger partial charge in [-0.2, -0.15) is 4.99 Å². The van der Waals surface area contributed by atoms with Gasteiger partial charge in [-0.15, -0.1) is 0 Å². The van der Waals surface area contributed by atoms with Crippen LogP contribution >= 0.6 is 11.6 Å². The predicted molar refractivity (Wildman–Crippen MR) is 71.6 cm³/mol. The van der Waals surface area contributed by atoms with Gasteiger partial charge >= 0.3 is 0 Å². The van der Waals surface area contributed by atoms with E-state index in [9.17, 15) is 0 Å². The normalized spacial score (nSPS) is 11.5. The van der Waals surface area contributed by atoms with Crippen molar-refractivity contribution in [3.8, 4) is 0 Å². The molecule has 0 unspecified atom stereocenters. The number of benzene rings is 1. The number of nitrogens with zero attached hydrogens (tertiary/aromatic N) is 4. The van der Waals surface area contributed by atoms with Gasteiger partial charge in [-0.3, -0.25) is 0 Å². The van der Waals surface area contributed by atoms with Crippen LogP contribution in [0.2, 0.25) is 5.15 Å². The monoisotopic (exact) mass is 263 g/mol. The van der Waals surface area contributed by atoms with E-state index in [0.29, 0.717) is 16.2 Å². The van der Waals surface area contributed by atoms with Gasteiger partial charge in [0.2, 0.25) is 5.96 Å². The van der Waals surface area contributed by atoms with Crippen LogP contribution in [-0.2, 0) is 0 Å². The van der Waals surface area contributed by atoms with Gasteiger partial charge in [-0.1, -0.05) is 11.6 Å². The van der Waals surface area contributed by atoms with Gasteiger partial charge in [-0.05, 0) is 18.2 Å². The number of rotatable bonds is 1. The van der Waals surface area contributed by atoms with Crippen LogP contribution in [-0.4, -0.2) is 21.9 Å². The van der Waals surface area contributed by atoms with Crippen LogP contribution < -0.4 is 17.2 Å². The van der Waals surface area contributed by atoms with E-state index < -0.39 is 0 Å². The quantitative estimate of drug-likeness (QED) is 0.392. The van der Waals surface area contributed by atoms with Crippen LogP contribution in [0, 0.1) is 0 Å². The first-order valence-corrected chi connectivity index (χ1v) is 5.28. The molecular formula is C10H10ClN7. The van der Waals surface area contributed by atoms with E-state index >= 15 is 0 Å². The first-order chi connectivity index (χ1) is 8.56. The fourth-order valence-electron chi connectivity index (χ4n) is 1.37. The van der Waals surface area contributed by atoms with Crippen molar-refractivity contribution in [1.29, 1.82) is 0 Å². The second-order valence-corrected chi connectivity index (χ2v) is 3.73. The third kappa shape index (κ3) is 2.64. The highest BCUT2D eigenvalue weighted by Crippen LogP contribution is 2.24. The van der Waals surface area contributed by atoms with Crippen LogP contribution in [0.15, 0.2) is 34.5 Å². The Morgan fingerprint density at radius 3 is 2.67 bits per heavy atom. The summed E-state index contributed by atoms with van der Waals surface area (Å²) in [5.74, 6) is -0.194. The molecule has 0 radical (unpaired) electrons. The maximum Gasteiger partial charge on any atom is 0.223 e. The average Bonchev–Trinajstić information content (AvgIpc) is 2.29. The van der Waals surface area contributed by atoms with Gasteiger partial charge in [0.1, 0.15) is 11.5 Å². The molecule has 0 aliphatic carbocycles. The van der Waals surface area contributed by atoms with Crippen molar-refractivity contribution in [2.75, 3.05) is 0 Å². The van der Waals surface area contributed by atoms with Crippen molar-refractivity contribution in [3.05, 3.63) is 29.7 Å². The summed E-state index contributed by atoms with van der Waals surface area (Å²) in [6, 6.07) is 5.18. The predicted octanol–water partition coefficient (Wildman–Crippen LogP) is 0.503.